The van der Waals surface area contributed by atoms with Crippen LogP contribution in [0.15, 0.2) is 24.5 Å². The largest absolute Gasteiger partial charge is 0.485 e. The molecule has 0 aromatic carbocycles. The fourth-order valence-electron chi connectivity index (χ4n) is 3.96. The molecule has 1 aliphatic carbocycles. The fourth-order valence-corrected chi connectivity index (χ4v) is 4.17. The normalized spacial score (nSPS) is 41.0. The van der Waals surface area contributed by atoms with E-state index < -0.39 is 17.1 Å². The highest BCUT2D eigenvalue weighted by molar-refractivity contribution is 6.18. The number of carbonyl (C=O) groups excluding carboxylic acids is 2. The minimum Gasteiger partial charge on any atom is -0.485 e. The fraction of sp³-hybridized carbons (Fsp3) is 0.625. The van der Waals surface area contributed by atoms with Gasteiger partial charge in [0, 0.05) is 11.8 Å². The number of ether oxygens (including phenoxy) is 1. The Labute approximate surface area is 129 Å². The number of alkyl halides is 1. The van der Waals surface area contributed by atoms with E-state index in [2.05, 4.69) is 11.9 Å². The topological polar surface area (TPSA) is 55.4 Å². The summed E-state index contributed by atoms with van der Waals surface area (Å²) in [6.45, 7) is 5.67. The first-order chi connectivity index (χ1) is 9.97. The van der Waals surface area contributed by atoms with Crippen LogP contribution in [-0.4, -0.2) is 28.7 Å². The van der Waals surface area contributed by atoms with E-state index in [-0.39, 0.29) is 17.6 Å². The summed E-state index contributed by atoms with van der Waals surface area (Å²) < 4.78 is 5.72. The van der Waals surface area contributed by atoms with Gasteiger partial charge in [0.25, 0.3) is 0 Å². The molecular weight excluding hydrogens is 290 g/mol. The highest BCUT2D eigenvalue weighted by Gasteiger charge is 2.76. The predicted molar refractivity (Wildman–Crippen MR) is 79.8 cm³/mol. The summed E-state index contributed by atoms with van der Waals surface area (Å²) in [5, 5.41) is 2.88. The smallest absolute Gasteiger partial charge is 0.228 e. The summed E-state index contributed by atoms with van der Waals surface area (Å²) in [7, 11) is 0. The van der Waals surface area contributed by atoms with Crippen molar-refractivity contribution < 1.29 is 14.3 Å². The highest BCUT2D eigenvalue weighted by Crippen LogP contribution is 2.56. The molecule has 2 fully saturated rings. The molecule has 4 atom stereocenters. The maximum atomic E-state index is 13.1. The lowest BCUT2D eigenvalue weighted by atomic mass is 9.64. The van der Waals surface area contributed by atoms with E-state index in [1.165, 1.54) is 0 Å². The summed E-state index contributed by atoms with van der Waals surface area (Å²) in [4.78, 5) is 25.4. The van der Waals surface area contributed by atoms with Crippen molar-refractivity contribution in [2.45, 2.75) is 43.7 Å². The Morgan fingerprint density at radius 3 is 2.95 bits per heavy atom. The zero-order valence-corrected chi connectivity index (χ0v) is 12.9. The number of hydrogen-bond acceptors (Lipinski definition) is 3. The second kappa shape index (κ2) is 4.87. The standard InChI is InChI=1S/C16H20ClNO3/c1-10-16(13(19)11-6-4-3-5-7-11)15(2,21-10)12(8-9-17)14(20)18-16/h4,6,11-12H,1,3,5,7-9H2,2H3,(H,18,20)/t11-,12+,15+,16-/m1/s1. The van der Waals surface area contributed by atoms with E-state index in [1.807, 2.05) is 19.1 Å². The molecule has 0 saturated carbocycles. The Morgan fingerprint density at radius 1 is 1.62 bits per heavy atom. The van der Waals surface area contributed by atoms with Gasteiger partial charge < -0.3 is 10.1 Å². The summed E-state index contributed by atoms with van der Waals surface area (Å²) in [5.41, 5.74) is -1.94. The SMILES string of the molecule is C=C1O[C@@]2(C)[C@@H](CCCl)C(=O)N[C@@]12C(=O)[C@@H]1C=CCCC1. The molecule has 3 aliphatic rings. The van der Waals surface area contributed by atoms with Crippen LogP contribution in [-0.2, 0) is 14.3 Å². The zero-order valence-electron chi connectivity index (χ0n) is 12.2. The van der Waals surface area contributed by atoms with Crippen molar-refractivity contribution >= 4 is 23.3 Å². The number of halogens is 1. The van der Waals surface area contributed by atoms with Gasteiger partial charge in [0.1, 0.15) is 5.76 Å². The minimum absolute atomic E-state index is 0.00243. The molecule has 5 heteroatoms. The van der Waals surface area contributed by atoms with Crippen LogP contribution < -0.4 is 5.32 Å². The molecule has 0 spiro atoms. The molecule has 0 aromatic heterocycles. The Kier molecular flexibility index (Phi) is 3.40. The maximum absolute atomic E-state index is 13.1. The number of carbonyl (C=O) groups is 2. The number of nitrogens with one attached hydrogen (secondary N) is 1. The van der Waals surface area contributed by atoms with E-state index in [1.54, 1.807) is 0 Å². The average Bonchev–Trinajstić information content (AvgIpc) is 2.65. The lowest BCUT2D eigenvalue weighted by molar-refractivity contribution is -0.176. The van der Waals surface area contributed by atoms with Crippen molar-refractivity contribution in [3.63, 3.8) is 0 Å². The van der Waals surface area contributed by atoms with E-state index in [9.17, 15) is 9.59 Å². The second-order valence-electron chi connectivity index (χ2n) is 6.23. The summed E-state index contributed by atoms with van der Waals surface area (Å²) in [6.07, 6.45) is 7.30. The van der Waals surface area contributed by atoms with Crippen molar-refractivity contribution in [1.82, 2.24) is 5.32 Å². The summed E-state index contributed by atoms with van der Waals surface area (Å²) in [6, 6.07) is 0. The molecule has 2 heterocycles. The van der Waals surface area contributed by atoms with Crippen molar-refractivity contribution in [3.05, 3.63) is 24.5 Å². The first-order valence-electron chi connectivity index (χ1n) is 7.44. The lowest BCUT2D eigenvalue weighted by Crippen LogP contribution is -2.73. The van der Waals surface area contributed by atoms with Gasteiger partial charge in [0.2, 0.25) is 5.91 Å². The van der Waals surface area contributed by atoms with Gasteiger partial charge in [-0.1, -0.05) is 18.7 Å². The van der Waals surface area contributed by atoms with Crippen LogP contribution in [0.1, 0.15) is 32.6 Å². The molecule has 0 bridgehead atoms. The lowest BCUT2D eigenvalue weighted by Gasteiger charge is -2.54. The molecule has 0 unspecified atom stereocenters. The quantitative estimate of drug-likeness (QED) is 0.640. The summed E-state index contributed by atoms with van der Waals surface area (Å²) in [5.74, 6) is -0.0188. The van der Waals surface area contributed by atoms with Gasteiger partial charge in [-0.05, 0) is 32.6 Å². The third-order valence-electron chi connectivity index (χ3n) is 5.15. The number of fused-ring (bicyclic) bond motifs is 1. The maximum Gasteiger partial charge on any atom is 0.228 e. The van der Waals surface area contributed by atoms with Gasteiger partial charge in [0.15, 0.2) is 16.9 Å². The van der Waals surface area contributed by atoms with Crippen LogP contribution in [0.4, 0.5) is 0 Å². The Hall–Kier alpha value is -1.29. The van der Waals surface area contributed by atoms with Gasteiger partial charge >= 0.3 is 0 Å². The number of allylic oxidation sites excluding steroid dienone is 2. The van der Waals surface area contributed by atoms with Crippen molar-refractivity contribution in [2.24, 2.45) is 11.8 Å². The van der Waals surface area contributed by atoms with E-state index in [0.717, 1.165) is 19.3 Å². The van der Waals surface area contributed by atoms with Crippen LogP contribution >= 0.6 is 11.6 Å². The van der Waals surface area contributed by atoms with Crippen molar-refractivity contribution in [1.29, 1.82) is 0 Å². The molecule has 0 radical (unpaired) electrons. The number of amides is 1. The third kappa shape index (κ3) is 1.75. The number of ketones is 1. The van der Waals surface area contributed by atoms with Crippen molar-refractivity contribution in [3.8, 4) is 0 Å². The van der Waals surface area contributed by atoms with Crippen LogP contribution in [0, 0.1) is 11.8 Å². The van der Waals surface area contributed by atoms with Gasteiger partial charge in [0.05, 0.1) is 5.92 Å². The van der Waals surface area contributed by atoms with Crippen LogP contribution in [0.5, 0.6) is 0 Å². The monoisotopic (exact) mass is 309 g/mol. The van der Waals surface area contributed by atoms with Crippen molar-refractivity contribution in [2.75, 3.05) is 5.88 Å². The number of rotatable bonds is 4. The van der Waals surface area contributed by atoms with E-state index in [0.29, 0.717) is 18.1 Å². The van der Waals surface area contributed by atoms with Crippen LogP contribution in [0.25, 0.3) is 0 Å². The molecule has 3 rings (SSSR count). The minimum atomic E-state index is -1.08. The summed E-state index contributed by atoms with van der Waals surface area (Å²) >= 11 is 5.80. The molecule has 2 saturated heterocycles. The van der Waals surface area contributed by atoms with Crippen LogP contribution in [0.2, 0.25) is 0 Å². The molecular formula is C16H20ClNO3. The molecule has 21 heavy (non-hydrogen) atoms. The highest BCUT2D eigenvalue weighted by atomic mass is 35.5. The molecule has 1 amide bonds. The van der Waals surface area contributed by atoms with Gasteiger partial charge in [-0.25, -0.2) is 0 Å². The van der Waals surface area contributed by atoms with E-state index in [4.69, 9.17) is 16.3 Å². The van der Waals surface area contributed by atoms with E-state index >= 15 is 0 Å². The number of Topliss-reactive ketones (excluding diaryl/α,β-unsaturated/α-hetero) is 1. The Bertz CT molecular complexity index is 544. The molecule has 2 aliphatic heterocycles. The van der Waals surface area contributed by atoms with Gasteiger partial charge in [-0.15, -0.1) is 11.6 Å². The van der Waals surface area contributed by atoms with Gasteiger partial charge in [-0.2, -0.15) is 0 Å². The molecule has 114 valence electrons. The molecule has 1 N–H and O–H groups in total. The first-order valence-corrected chi connectivity index (χ1v) is 7.98. The molecule has 4 nitrogen and oxygen atoms in total. The zero-order chi connectivity index (χ0) is 15.3. The predicted octanol–water partition coefficient (Wildman–Crippen LogP) is 2.33. The number of hydrogen-bond donors (Lipinski definition) is 1. The third-order valence-corrected chi connectivity index (χ3v) is 5.37. The molecule has 0 aromatic rings. The Morgan fingerprint density at radius 2 is 2.38 bits per heavy atom. The van der Waals surface area contributed by atoms with Gasteiger partial charge in [-0.3, -0.25) is 9.59 Å². The Balaban J connectivity index is 1.96. The first kappa shape index (κ1) is 14.6. The average molecular weight is 310 g/mol. The second-order valence-corrected chi connectivity index (χ2v) is 6.61. The van der Waals surface area contributed by atoms with Crippen LogP contribution in [0.3, 0.4) is 0 Å².